The molecule has 0 bridgehead atoms. The maximum atomic E-state index is 3.72. The van der Waals surface area contributed by atoms with Crippen molar-refractivity contribution >= 4 is 11.0 Å². The molecule has 0 N–H and O–H groups in total. The monoisotopic (exact) mass is 303 g/mol. The Morgan fingerprint density at radius 2 is 0.812 bits per heavy atom. The predicted octanol–water partition coefficient (Wildman–Crippen LogP) is 2.55. The molecule has 81 valence electrons. The van der Waals surface area contributed by atoms with E-state index in [1.807, 2.05) is 60.7 Å². The first-order valence-corrected chi connectivity index (χ1v) is 4.53. The molecular weight excluding hydrogens is 287 g/mol. The van der Waals surface area contributed by atoms with Crippen LogP contribution in [0.1, 0.15) is 11.1 Å². The molecule has 0 heterocycles. The van der Waals surface area contributed by atoms with Crippen LogP contribution in [0.25, 0.3) is 0 Å². The van der Waals surface area contributed by atoms with Crippen molar-refractivity contribution < 1.29 is 26.2 Å². The Kier molecular flexibility index (Phi) is 11.9. The van der Waals surface area contributed by atoms with E-state index in [0.29, 0.717) is 0 Å². The standard InChI is InChI=1S/2C7H7.H3Si.Zr/c2*1-7-5-3-2-4-6-7;;/h2*2-6H,1H2;1H3;/q2*-1;;+2. The molecule has 0 fully saturated rings. The summed E-state index contributed by atoms with van der Waals surface area (Å²) in [7, 11) is 0. The van der Waals surface area contributed by atoms with E-state index in [1.165, 1.54) is 0 Å². The molecule has 1 radical (unpaired) electrons. The summed E-state index contributed by atoms with van der Waals surface area (Å²) >= 11 is 0. The van der Waals surface area contributed by atoms with E-state index in [1.54, 1.807) is 0 Å². The van der Waals surface area contributed by atoms with Gasteiger partial charge in [0.25, 0.3) is 0 Å². The maximum Gasteiger partial charge on any atom is 2.00 e. The minimum atomic E-state index is 0. The Morgan fingerprint density at radius 1 is 0.562 bits per heavy atom. The van der Waals surface area contributed by atoms with Gasteiger partial charge >= 0.3 is 26.2 Å². The van der Waals surface area contributed by atoms with Gasteiger partial charge in [0.2, 0.25) is 0 Å². The van der Waals surface area contributed by atoms with Gasteiger partial charge in [-0.25, -0.2) is 0 Å². The third kappa shape index (κ3) is 8.58. The van der Waals surface area contributed by atoms with E-state index in [-0.39, 0.29) is 37.2 Å². The zero-order valence-electron chi connectivity index (χ0n) is 9.69. The van der Waals surface area contributed by atoms with Crippen molar-refractivity contribution in [1.82, 2.24) is 0 Å². The minimum absolute atomic E-state index is 0. The van der Waals surface area contributed by atoms with Gasteiger partial charge in [-0.15, -0.1) is 24.3 Å². The van der Waals surface area contributed by atoms with E-state index in [0.717, 1.165) is 11.1 Å². The molecule has 0 aliphatic carbocycles. The van der Waals surface area contributed by atoms with Gasteiger partial charge in [0.1, 0.15) is 0 Å². The minimum Gasteiger partial charge on any atom is -0.199 e. The molecule has 0 saturated heterocycles. The van der Waals surface area contributed by atoms with Gasteiger partial charge in [-0.1, -0.05) is 12.1 Å². The van der Waals surface area contributed by atoms with Gasteiger partial charge in [0.05, 0.1) is 0 Å². The van der Waals surface area contributed by atoms with Crippen molar-refractivity contribution in [3.63, 3.8) is 0 Å². The molecule has 0 unspecified atom stereocenters. The van der Waals surface area contributed by atoms with Crippen molar-refractivity contribution in [2.75, 3.05) is 0 Å². The molecule has 16 heavy (non-hydrogen) atoms. The molecule has 0 atom stereocenters. The second-order valence-electron chi connectivity index (χ2n) is 2.97. The fraction of sp³-hybridized carbons (Fsp3) is 0. The molecule has 0 spiro atoms. The summed E-state index contributed by atoms with van der Waals surface area (Å²) in [6.45, 7) is 7.44. The van der Waals surface area contributed by atoms with Crippen molar-refractivity contribution in [1.29, 1.82) is 0 Å². The van der Waals surface area contributed by atoms with Gasteiger partial charge in [-0.3, -0.25) is 0 Å². The summed E-state index contributed by atoms with van der Waals surface area (Å²) in [6.07, 6.45) is 0. The largest absolute Gasteiger partial charge is 2.00 e. The molecule has 0 aromatic heterocycles. The van der Waals surface area contributed by atoms with E-state index in [4.69, 9.17) is 0 Å². The SMILES string of the molecule is [CH2-]c1ccccc1.[CH2-]c1ccccc1.[SiH3].[Zr+2]. The zero-order chi connectivity index (χ0) is 10.2. The molecule has 2 heteroatoms. The first-order valence-electron chi connectivity index (χ1n) is 4.53. The summed E-state index contributed by atoms with van der Waals surface area (Å²) in [5.74, 6) is 0. The second-order valence-corrected chi connectivity index (χ2v) is 2.97. The molecule has 0 saturated carbocycles. The van der Waals surface area contributed by atoms with Crippen LogP contribution < -0.4 is 0 Å². The molecule has 2 aromatic rings. The number of benzene rings is 2. The Morgan fingerprint density at radius 3 is 0.938 bits per heavy atom. The van der Waals surface area contributed by atoms with Gasteiger partial charge in [-0.2, -0.15) is 49.2 Å². The second kappa shape index (κ2) is 10.8. The Balaban J connectivity index is 0. The van der Waals surface area contributed by atoms with Crippen molar-refractivity contribution in [3.8, 4) is 0 Å². The molecule has 0 amide bonds. The Labute approximate surface area is 122 Å². The maximum absolute atomic E-state index is 3.72. The van der Waals surface area contributed by atoms with Crippen LogP contribution in [0.2, 0.25) is 0 Å². The number of hydrogen-bond acceptors (Lipinski definition) is 0. The van der Waals surface area contributed by atoms with E-state index in [9.17, 15) is 0 Å². The summed E-state index contributed by atoms with van der Waals surface area (Å²) in [6, 6.07) is 19.7. The van der Waals surface area contributed by atoms with Gasteiger partial charge in [0, 0.05) is 0 Å². The summed E-state index contributed by atoms with van der Waals surface area (Å²) < 4.78 is 0. The molecule has 2 aromatic carbocycles. The predicted molar refractivity (Wildman–Crippen MR) is 71.7 cm³/mol. The van der Waals surface area contributed by atoms with Crippen LogP contribution in [-0.2, 0) is 26.2 Å². The first kappa shape index (κ1) is 17.7. The molecule has 0 aliphatic rings. The van der Waals surface area contributed by atoms with Crippen LogP contribution in [-0.4, -0.2) is 11.0 Å². The zero-order valence-corrected chi connectivity index (χ0v) is 14.1. The first-order chi connectivity index (χ1) is 6.79. The third-order valence-corrected chi connectivity index (χ3v) is 1.69. The molecular formula is C14H17SiZr. The van der Waals surface area contributed by atoms with Gasteiger partial charge < -0.3 is 0 Å². The summed E-state index contributed by atoms with van der Waals surface area (Å²) in [5, 5.41) is 0. The average molecular weight is 305 g/mol. The van der Waals surface area contributed by atoms with Crippen molar-refractivity contribution in [3.05, 3.63) is 85.6 Å². The molecule has 0 aliphatic heterocycles. The fourth-order valence-electron chi connectivity index (χ4n) is 0.956. The number of rotatable bonds is 0. The van der Waals surface area contributed by atoms with Crippen LogP contribution in [0.3, 0.4) is 0 Å². The summed E-state index contributed by atoms with van der Waals surface area (Å²) in [5.41, 5.74) is 2.14. The molecule has 2 rings (SSSR count). The Hall–Kier alpha value is -0.720. The Bertz CT molecular complexity index is 308. The third-order valence-electron chi connectivity index (χ3n) is 1.69. The van der Waals surface area contributed by atoms with E-state index < -0.39 is 0 Å². The quantitative estimate of drug-likeness (QED) is 0.518. The molecule has 0 nitrogen and oxygen atoms in total. The average Bonchev–Trinajstić information content (AvgIpc) is 2.21. The smallest absolute Gasteiger partial charge is 0.199 e. The van der Waals surface area contributed by atoms with Crippen molar-refractivity contribution in [2.45, 2.75) is 0 Å². The van der Waals surface area contributed by atoms with Gasteiger partial charge in [0.15, 0.2) is 0 Å². The number of hydrogen-bond donors (Lipinski definition) is 0. The van der Waals surface area contributed by atoms with Crippen LogP contribution in [0, 0.1) is 13.8 Å². The van der Waals surface area contributed by atoms with Crippen LogP contribution >= 0.6 is 0 Å². The van der Waals surface area contributed by atoms with Crippen molar-refractivity contribution in [2.24, 2.45) is 0 Å². The van der Waals surface area contributed by atoms with E-state index >= 15 is 0 Å². The normalized spacial score (nSPS) is 7.50. The van der Waals surface area contributed by atoms with Crippen LogP contribution in [0.4, 0.5) is 0 Å². The summed E-state index contributed by atoms with van der Waals surface area (Å²) in [4.78, 5) is 0. The van der Waals surface area contributed by atoms with E-state index in [2.05, 4.69) is 13.8 Å². The van der Waals surface area contributed by atoms with Crippen LogP contribution in [0.15, 0.2) is 60.7 Å². The fourth-order valence-corrected chi connectivity index (χ4v) is 0.956. The van der Waals surface area contributed by atoms with Crippen LogP contribution in [0.5, 0.6) is 0 Å². The van der Waals surface area contributed by atoms with Gasteiger partial charge in [-0.05, 0) is 11.0 Å². The topological polar surface area (TPSA) is 0 Å².